The Morgan fingerprint density at radius 1 is 1.07 bits per heavy atom. The van der Waals surface area contributed by atoms with Gasteiger partial charge in [0, 0.05) is 44.8 Å². The van der Waals surface area contributed by atoms with E-state index in [0.717, 1.165) is 5.69 Å². The van der Waals surface area contributed by atoms with Gasteiger partial charge in [0.1, 0.15) is 0 Å². The lowest BCUT2D eigenvalue weighted by Crippen LogP contribution is -2.53. The van der Waals surface area contributed by atoms with Crippen molar-refractivity contribution in [3.8, 4) is 0 Å². The van der Waals surface area contributed by atoms with E-state index < -0.39 is 5.92 Å². The molecule has 0 radical (unpaired) electrons. The number of amides is 4. The molecular weight excluding hydrogens is 376 g/mol. The van der Waals surface area contributed by atoms with Crippen molar-refractivity contribution in [2.24, 2.45) is 5.92 Å². The zero-order valence-corrected chi connectivity index (χ0v) is 16.5. The molecule has 9 nitrogen and oxygen atoms in total. The van der Waals surface area contributed by atoms with Crippen LogP contribution in [0.2, 0.25) is 0 Å². The van der Waals surface area contributed by atoms with E-state index in [9.17, 15) is 19.2 Å². The zero-order chi connectivity index (χ0) is 20.8. The van der Waals surface area contributed by atoms with Gasteiger partial charge in [0.05, 0.1) is 19.1 Å². The molecular formula is C20H26N4O5. The molecule has 4 amide bonds. The van der Waals surface area contributed by atoms with E-state index in [2.05, 4.69) is 5.32 Å². The van der Waals surface area contributed by atoms with Crippen molar-refractivity contribution in [1.82, 2.24) is 15.1 Å². The summed E-state index contributed by atoms with van der Waals surface area (Å²) in [4.78, 5) is 53.5. The topological polar surface area (TPSA) is 99.3 Å². The van der Waals surface area contributed by atoms with Crippen LogP contribution in [0.3, 0.4) is 0 Å². The summed E-state index contributed by atoms with van der Waals surface area (Å²) < 4.78 is 4.96. The van der Waals surface area contributed by atoms with E-state index in [-0.39, 0.29) is 36.8 Å². The monoisotopic (exact) mass is 402 g/mol. The molecule has 0 spiro atoms. The van der Waals surface area contributed by atoms with Crippen LogP contribution in [0.5, 0.6) is 0 Å². The number of rotatable bonds is 5. The van der Waals surface area contributed by atoms with Crippen LogP contribution in [0, 0.1) is 5.92 Å². The van der Waals surface area contributed by atoms with E-state index in [1.807, 2.05) is 30.3 Å². The van der Waals surface area contributed by atoms with Gasteiger partial charge in [0.15, 0.2) is 0 Å². The highest BCUT2D eigenvalue weighted by atomic mass is 16.6. The maximum absolute atomic E-state index is 12.4. The van der Waals surface area contributed by atoms with E-state index in [1.165, 1.54) is 0 Å². The summed E-state index contributed by atoms with van der Waals surface area (Å²) in [5, 5.41) is 2.65. The number of hydrogen-bond donors (Lipinski definition) is 1. The molecule has 0 bridgehead atoms. The molecule has 2 heterocycles. The number of carbonyl (C=O) groups is 4. The molecule has 2 aliphatic heterocycles. The van der Waals surface area contributed by atoms with Crippen LogP contribution < -0.4 is 10.2 Å². The highest BCUT2D eigenvalue weighted by Crippen LogP contribution is 2.24. The summed E-state index contributed by atoms with van der Waals surface area (Å²) >= 11 is 0. The Morgan fingerprint density at radius 2 is 1.72 bits per heavy atom. The molecule has 2 saturated heterocycles. The van der Waals surface area contributed by atoms with Crippen LogP contribution >= 0.6 is 0 Å². The predicted octanol–water partition coefficient (Wildman–Crippen LogP) is 0.456. The Labute approximate surface area is 169 Å². The summed E-state index contributed by atoms with van der Waals surface area (Å²) in [6.07, 6.45) is -0.241. The van der Waals surface area contributed by atoms with Gasteiger partial charge in [-0.3, -0.25) is 14.4 Å². The lowest BCUT2D eigenvalue weighted by atomic mass is 10.1. The number of anilines is 1. The second-order valence-corrected chi connectivity index (χ2v) is 7.03. The number of ether oxygens (including phenoxy) is 1. The Balaban J connectivity index is 1.43. The van der Waals surface area contributed by atoms with Crippen molar-refractivity contribution in [3.63, 3.8) is 0 Å². The standard InChI is InChI=1S/C20H26N4O5/c1-2-29-20(28)23-10-8-22(9-11-23)18(26)13-21-19(27)15-12-17(25)24(14-15)16-6-4-3-5-7-16/h3-7,15H,2,8-14H2,1H3,(H,21,27)/t15-/m0/s1. The molecule has 2 aliphatic rings. The molecule has 1 N–H and O–H groups in total. The van der Waals surface area contributed by atoms with Crippen molar-refractivity contribution in [2.75, 3.05) is 50.8 Å². The first-order valence-corrected chi connectivity index (χ1v) is 9.82. The largest absolute Gasteiger partial charge is 0.450 e. The summed E-state index contributed by atoms with van der Waals surface area (Å²) in [6.45, 7) is 3.86. The number of nitrogens with zero attached hydrogens (tertiary/aromatic N) is 3. The third kappa shape index (κ3) is 5.04. The zero-order valence-electron chi connectivity index (χ0n) is 16.5. The van der Waals surface area contributed by atoms with Gasteiger partial charge in [0.2, 0.25) is 17.7 Å². The molecule has 3 rings (SSSR count). The number of benzene rings is 1. The van der Waals surface area contributed by atoms with E-state index in [4.69, 9.17) is 4.74 Å². The van der Waals surface area contributed by atoms with Gasteiger partial charge in [-0.1, -0.05) is 18.2 Å². The van der Waals surface area contributed by atoms with Gasteiger partial charge in [0.25, 0.3) is 0 Å². The van der Waals surface area contributed by atoms with E-state index in [0.29, 0.717) is 39.3 Å². The fraction of sp³-hybridized carbons (Fsp3) is 0.500. The first-order valence-electron chi connectivity index (χ1n) is 9.82. The third-order valence-corrected chi connectivity index (χ3v) is 5.14. The van der Waals surface area contributed by atoms with Crippen molar-refractivity contribution in [1.29, 1.82) is 0 Å². The smallest absolute Gasteiger partial charge is 0.409 e. The normalized spacial score (nSPS) is 19.3. The van der Waals surface area contributed by atoms with Crippen LogP contribution in [0.4, 0.5) is 10.5 Å². The minimum Gasteiger partial charge on any atom is -0.450 e. The predicted molar refractivity (Wildman–Crippen MR) is 105 cm³/mol. The number of hydrogen-bond acceptors (Lipinski definition) is 5. The SMILES string of the molecule is CCOC(=O)N1CCN(C(=O)CNC(=O)[C@H]2CC(=O)N(c3ccccc3)C2)CC1. The van der Waals surface area contributed by atoms with Crippen LogP contribution in [0.25, 0.3) is 0 Å². The number of piperazine rings is 1. The van der Waals surface area contributed by atoms with E-state index in [1.54, 1.807) is 21.6 Å². The van der Waals surface area contributed by atoms with Crippen LogP contribution in [0.15, 0.2) is 30.3 Å². The highest BCUT2D eigenvalue weighted by Gasteiger charge is 2.35. The lowest BCUT2D eigenvalue weighted by molar-refractivity contribution is -0.135. The Kier molecular flexibility index (Phi) is 6.69. The van der Waals surface area contributed by atoms with Gasteiger partial charge >= 0.3 is 6.09 Å². The highest BCUT2D eigenvalue weighted by molar-refractivity contribution is 6.00. The fourth-order valence-electron chi connectivity index (χ4n) is 3.51. The van der Waals surface area contributed by atoms with Crippen LogP contribution in [-0.2, 0) is 19.1 Å². The summed E-state index contributed by atoms with van der Waals surface area (Å²) in [5.41, 5.74) is 0.767. The number of nitrogens with one attached hydrogen (secondary N) is 1. The second kappa shape index (κ2) is 9.40. The molecule has 0 aliphatic carbocycles. The number of carbonyl (C=O) groups excluding carboxylic acids is 4. The van der Waals surface area contributed by atoms with Crippen molar-refractivity contribution >= 4 is 29.5 Å². The second-order valence-electron chi connectivity index (χ2n) is 7.03. The van der Waals surface area contributed by atoms with Gasteiger partial charge in [-0.25, -0.2) is 4.79 Å². The molecule has 9 heteroatoms. The molecule has 0 saturated carbocycles. The van der Waals surface area contributed by atoms with Crippen LogP contribution in [-0.4, -0.2) is 79.5 Å². The van der Waals surface area contributed by atoms with Crippen molar-refractivity contribution in [2.45, 2.75) is 13.3 Å². The van der Waals surface area contributed by atoms with Gasteiger partial charge < -0.3 is 24.8 Å². The summed E-state index contributed by atoms with van der Waals surface area (Å²) in [6, 6.07) is 9.22. The Morgan fingerprint density at radius 3 is 2.38 bits per heavy atom. The van der Waals surface area contributed by atoms with Crippen LogP contribution in [0.1, 0.15) is 13.3 Å². The Hall–Kier alpha value is -3.10. The molecule has 0 aromatic heterocycles. The number of para-hydroxylation sites is 1. The first-order chi connectivity index (χ1) is 14.0. The fourth-order valence-corrected chi connectivity index (χ4v) is 3.51. The summed E-state index contributed by atoms with van der Waals surface area (Å²) in [7, 11) is 0. The van der Waals surface area contributed by atoms with Gasteiger partial charge in [-0.15, -0.1) is 0 Å². The molecule has 29 heavy (non-hydrogen) atoms. The lowest BCUT2D eigenvalue weighted by Gasteiger charge is -2.34. The molecule has 1 aromatic rings. The molecule has 0 unspecified atom stereocenters. The molecule has 156 valence electrons. The maximum Gasteiger partial charge on any atom is 0.409 e. The van der Waals surface area contributed by atoms with Gasteiger partial charge in [-0.2, -0.15) is 0 Å². The third-order valence-electron chi connectivity index (χ3n) is 5.14. The quantitative estimate of drug-likeness (QED) is 0.771. The van der Waals surface area contributed by atoms with E-state index >= 15 is 0 Å². The molecule has 1 aromatic carbocycles. The minimum atomic E-state index is -0.476. The minimum absolute atomic E-state index is 0.0993. The maximum atomic E-state index is 12.4. The average molecular weight is 402 g/mol. The Bertz CT molecular complexity index is 761. The first kappa shape index (κ1) is 20.6. The van der Waals surface area contributed by atoms with Crippen molar-refractivity contribution < 1.29 is 23.9 Å². The van der Waals surface area contributed by atoms with Crippen molar-refractivity contribution in [3.05, 3.63) is 30.3 Å². The average Bonchev–Trinajstić information content (AvgIpc) is 3.14. The molecule has 1 atom stereocenters. The molecule has 2 fully saturated rings. The van der Waals surface area contributed by atoms with Gasteiger partial charge in [-0.05, 0) is 19.1 Å². The summed E-state index contributed by atoms with van der Waals surface area (Å²) in [5.74, 6) is -1.07.